The van der Waals surface area contributed by atoms with Gasteiger partial charge in [-0.1, -0.05) is 11.6 Å². The number of hydrogen-bond donors (Lipinski definition) is 0. The zero-order valence-corrected chi connectivity index (χ0v) is 13.0. The molecule has 1 saturated carbocycles. The predicted molar refractivity (Wildman–Crippen MR) is 76.1 cm³/mol. The average molecular weight is 282 g/mol. The normalized spacial score (nSPS) is 28.0. The van der Waals surface area contributed by atoms with E-state index in [1.807, 2.05) is 20.8 Å². The number of allylic oxidation sites excluding steroid dienone is 2. The molecule has 1 aliphatic heterocycles. The summed E-state index contributed by atoms with van der Waals surface area (Å²) in [6.45, 7) is 9.41. The molecule has 0 aromatic rings. The summed E-state index contributed by atoms with van der Waals surface area (Å²) in [6.07, 6.45) is 4.78. The molecule has 2 fully saturated rings. The Hall–Kier alpha value is -0.870. The minimum Gasteiger partial charge on any atom is -0.466 e. The number of esters is 1. The SMILES string of the molecule is C/C=C1\CCC2(OCCO2)C(C(C)(C)C(=O)OCC)C1. The molecule has 1 saturated heterocycles. The number of carbonyl (C=O) groups is 1. The number of hydrogen-bond acceptors (Lipinski definition) is 4. The van der Waals surface area contributed by atoms with Crippen LogP contribution < -0.4 is 0 Å². The molecule has 0 aromatic carbocycles. The number of carbonyl (C=O) groups excluding carboxylic acids is 1. The minimum absolute atomic E-state index is 0.00324. The van der Waals surface area contributed by atoms with Crippen molar-refractivity contribution >= 4 is 5.97 Å². The first-order valence-electron chi connectivity index (χ1n) is 7.55. The van der Waals surface area contributed by atoms with Gasteiger partial charge in [-0.3, -0.25) is 4.79 Å². The largest absolute Gasteiger partial charge is 0.466 e. The van der Waals surface area contributed by atoms with E-state index in [4.69, 9.17) is 14.2 Å². The van der Waals surface area contributed by atoms with E-state index in [-0.39, 0.29) is 11.9 Å². The molecule has 0 bridgehead atoms. The molecule has 0 N–H and O–H groups in total. The summed E-state index contributed by atoms with van der Waals surface area (Å²) < 4.78 is 17.2. The Morgan fingerprint density at radius 2 is 2.10 bits per heavy atom. The van der Waals surface area contributed by atoms with Crippen LogP contribution in [0.5, 0.6) is 0 Å². The van der Waals surface area contributed by atoms with Gasteiger partial charge in [-0.25, -0.2) is 0 Å². The van der Waals surface area contributed by atoms with E-state index in [2.05, 4.69) is 13.0 Å². The molecule has 4 nitrogen and oxygen atoms in total. The van der Waals surface area contributed by atoms with E-state index in [0.717, 1.165) is 19.3 Å². The van der Waals surface area contributed by atoms with Gasteiger partial charge >= 0.3 is 5.97 Å². The summed E-state index contributed by atoms with van der Waals surface area (Å²) in [5.74, 6) is -0.778. The molecule has 2 rings (SSSR count). The average Bonchev–Trinajstić information content (AvgIpc) is 2.88. The van der Waals surface area contributed by atoms with Gasteiger partial charge in [0.25, 0.3) is 0 Å². The summed E-state index contributed by atoms with van der Waals surface area (Å²) >= 11 is 0. The molecular weight excluding hydrogens is 256 g/mol. The van der Waals surface area contributed by atoms with Crippen LogP contribution in [0.3, 0.4) is 0 Å². The second-order valence-corrected chi connectivity index (χ2v) is 6.15. The third-order valence-corrected chi connectivity index (χ3v) is 4.65. The van der Waals surface area contributed by atoms with Crippen LogP contribution in [0, 0.1) is 11.3 Å². The van der Waals surface area contributed by atoms with Crippen molar-refractivity contribution in [2.45, 2.75) is 52.7 Å². The molecule has 1 heterocycles. The minimum atomic E-state index is -0.616. The van der Waals surface area contributed by atoms with Crippen LogP contribution in [-0.2, 0) is 19.0 Å². The van der Waals surface area contributed by atoms with Crippen LogP contribution in [0.15, 0.2) is 11.6 Å². The molecule has 114 valence electrons. The molecular formula is C16H26O4. The smallest absolute Gasteiger partial charge is 0.311 e. The highest BCUT2D eigenvalue weighted by Gasteiger charge is 2.55. The Bertz CT molecular complexity index is 391. The zero-order chi connectivity index (χ0) is 14.8. The number of rotatable bonds is 3. The van der Waals surface area contributed by atoms with Crippen molar-refractivity contribution in [3.63, 3.8) is 0 Å². The highest BCUT2D eigenvalue weighted by atomic mass is 16.7. The lowest BCUT2D eigenvalue weighted by Gasteiger charge is -2.46. The lowest BCUT2D eigenvalue weighted by atomic mass is 9.66. The Labute approximate surface area is 121 Å². The van der Waals surface area contributed by atoms with Crippen LogP contribution in [0.2, 0.25) is 0 Å². The van der Waals surface area contributed by atoms with E-state index in [9.17, 15) is 4.79 Å². The van der Waals surface area contributed by atoms with Crippen molar-refractivity contribution in [2.24, 2.45) is 11.3 Å². The van der Waals surface area contributed by atoms with Crippen LogP contribution in [0.4, 0.5) is 0 Å². The summed E-state index contributed by atoms with van der Waals surface area (Å²) in [7, 11) is 0. The third-order valence-electron chi connectivity index (χ3n) is 4.65. The molecule has 1 spiro atoms. The highest BCUT2D eigenvalue weighted by Crippen LogP contribution is 2.50. The van der Waals surface area contributed by atoms with E-state index < -0.39 is 11.2 Å². The summed E-state index contributed by atoms with van der Waals surface area (Å²) in [6, 6.07) is 0. The van der Waals surface area contributed by atoms with Crippen molar-refractivity contribution in [1.29, 1.82) is 0 Å². The van der Waals surface area contributed by atoms with Gasteiger partial charge in [0.05, 0.1) is 25.2 Å². The van der Waals surface area contributed by atoms with Crippen molar-refractivity contribution in [1.82, 2.24) is 0 Å². The van der Waals surface area contributed by atoms with Gasteiger partial charge in [0.15, 0.2) is 5.79 Å². The lowest BCUT2D eigenvalue weighted by Crippen LogP contribution is -2.52. The summed E-state index contributed by atoms with van der Waals surface area (Å²) in [5.41, 5.74) is 0.756. The fourth-order valence-corrected chi connectivity index (χ4v) is 3.37. The molecule has 2 aliphatic rings. The maximum absolute atomic E-state index is 12.3. The second-order valence-electron chi connectivity index (χ2n) is 6.15. The quantitative estimate of drug-likeness (QED) is 0.589. The van der Waals surface area contributed by atoms with Crippen LogP contribution in [0.1, 0.15) is 47.0 Å². The Balaban J connectivity index is 2.29. The Morgan fingerprint density at radius 1 is 1.45 bits per heavy atom. The first kappa shape index (κ1) is 15.5. The zero-order valence-electron chi connectivity index (χ0n) is 13.0. The molecule has 4 heteroatoms. The molecule has 1 atom stereocenters. The monoisotopic (exact) mass is 282 g/mol. The molecule has 0 amide bonds. The van der Waals surface area contributed by atoms with E-state index in [0.29, 0.717) is 19.8 Å². The first-order chi connectivity index (χ1) is 9.46. The van der Waals surface area contributed by atoms with Crippen molar-refractivity contribution in [3.8, 4) is 0 Å². The lowest BCUT2D eigenvalue weighted by molar-refractivity contribution is -0.234. The van der Waals surface area contributed by atoms with Gasteiger partial charge < -0.3 is 14.2 Å². The molecule has 1 aliphatic carbocycles. The van der Waals surface area contributed by atoms with Gasteiger partial charge in [-0.05, 0) is 40.5 Å². The van der Waals surface area contributed by atoms with Crippen molar-refractivity contribution < 1.29 is 19.0 Å². The summed E-state index contributed by atoms with van der Waals surface area (Å²) in [5, 5.41) is 0. The Morgan fingerprint density at radius 3 is 2.65 bits per heavy atom. The van der Waals surface area contributed by atoms with Crippen LogP contribution >= 0.6 is 0 Å². The maximum Gasteiger partial charge on any atom is 0.311 e. The Kier molecular flexibility index (Phi) is 4.55. The molecule has 1 unspecified atom stereocenters. The van der Waals surface area contributed by atoms with Crippen LogP contribution in [-0.4, -0.2) is 31.6 Å². The second kappa shape index (κ2) is 5.86. The summed E-state index contributed by atoms with van der Waals surface area (Å²) in [4.78, 5) is 12.3. The number of ether oxygens (including phenoxy) is 3. The molecule has 20 heavy (non-hydrogen) atoms. The van der Waals surface area contributed by atoms with Crippen LogP contribution in [0.25, 0.3) is 0 Å². The fourth-order valence-electron chi connectivity index (χ4n) is 3.37. The van der Waals surface area contributed by atoms with Gasteiger partial charge in [-0.15, -0.1) is 0 Å². The first-order valence-corrected chi connectivity index (χ1v) is 7.55. The van der Waals surface area contributed by atoms with Crippen molar-refractivity contribution in [3.05, 3.63) is 11.6 Å². The van der Waals surface area contributed by atoms with Gasteiger partial charge in [-0.2, -0.15) is 0 Å². The maximum atomic E-state index is 12.3. The fraction of sp³-hybridized carbons (Fsp3) is 0.812. The molecule has 0 aromatic heterocycles. The van der Waals surface area contributed by atoms with Crippen molar-refractivity contribution in [2.75, 3.05) is 19.8 Å². The van der Waals surface area contributed by atoms with Gasteiger partial charge in [0.1, 0.15) is 0 Å². The van der Waals surface area contributed by atoms with E-state index >= 15 is 0 Å². The van der Waals surface area contributed by atoms with E-state index in [1.54, 1.807) is 0 Å². The third kappa shape index (κ3) is 2.63. The predicted octanol–water partition coefficient (Wildman–Crippen LogP) is 3.07. The molecule has 0 radical (unpaired) electrons. The van der Waals surface area contributed by atoms with E-state index in [1.165, 1.54) is 5.57 Å². The topological polar surface area (TPSA) is 44.8 Å². The standard InChI is InChI=1S/C16H26O4/c1-5-12-7-8-16(19-9-10-20-16)13(11-12)15(3,4)14(17)18-6-2/h5,13H,6-11H2,1-4H3/b12-5+. The van der Waals surface area contributed by atoms with Gasteiger partial charge in [0.2, 0.25) is 0 Å². The van der Waals surface area contributed by atoms with Gasteiger partial charge in [0, 0.05) is 12.3 Å². The highest BCUT2D eigenvalue weighted by molar-refractivity contribution is 5.76.